The molecule has 0 saturated heterocycles. The van der Waals surface area contributed by atoms with Gasteiger partial charge in [-0.15, -0.1) is 0 Å². The molecule has 1 aromatic rings. The maximum atomic E-state index is 12.0. The molecule has 1 heterocycles. The van der Waals surface area contributed by atoms with Gasteiger partial charge in [-0.2, -0.15) is 18.3 Å². The van der Waals surface area contributed by atoms with Crippen LogP contribution in [0.5, 0.6) is 0 Å². The molecule has 0 atom stereocenters. The maximum absolute atomic E-state index is 12.0. The first kappa shape index (κ1) is 9.76. The minimum absolute atomic E-state index is 0.194. The number of rotatable bonds is 3. The van der Waals surface area contributed by atoms with Crippen LogP contribution in [-0.4, -0.2) is 16.5 Å². The Morgan fingerprint density at radius 1 is 1.54 bits per heavy atom. The molecule has 0 saturated carbocycles. The Bertz CT molecular complexity index is 292. The third-order valence-electron chi connectivity index (χ3n) is 1.45. The van der Waals surface area contributed by atoms with Crippen LogP contribution in [0.1, 0.15) is 17.8 Å². The fourth-order valence-electron chi connectivity index (χ4n) is 0.849. The molecule has 1 rings (SSSR count). The third kappa shape index (κ3) is 2.57. The van der Waals surface area contributed by atoms with Crippen LogP contribution in [-0.2, 0) is 17.4 Å². The van der Waals surface area contributed by atoms with Crippen molar-refractivity contribution in [3.8, 4) is 0 Å². The molecule has 13 heavy (non-hydrogen) atoms. The number of nitrogens with one attached hydrogen (secondary N) is 1. The lowest BCUT2D eigenvalue weighted by Crippen LogP contribution is -2.04. The van der Waals surface area contributed by atoms with E-state index in [9.17, 15) is 18.0 Å². The molecule has 3 nitrogen and oxygen atoms in total. The Balaban J connectivity index is 2.69. The summed E-state index contributed by atoms with van der Waals surface area (Å²) in [6.45, 7) is 0. The van der Waals surface area contributed by atoms with Gasteiger partial charge in [0.15, 0.2) is 5.69 Å². The summed E-state index contributed by atoms with van der Waals surface area (Å²) in [5, 5.41) is 5.29. The largest absolute Gasteiger partial charge is 0.435 e. The summed E-state index contributed by atoms with van der Waals surface area (Å²) in [6, 6.07) is 0.906. The predicted octanol–water partition coefficient (Wildman–Crippen LogP) is 1.56. The first-order valence-corrected chi connectivity index (χ1v) is 3.59. The lowest BCUT2D eigenvalue weighted by atomic mass is 10.2. The molecule has 0 spiro atoms. The summed E-state index contributed by atoms with van der Waals surface area (Å²) in [6.07, 6.45) is -3.32. The number of hydrogen-bond donors (Lipinski definition) is 1. The fourth-order valence-corrected chi connectivity index (χ4v) is 0.849. The van der Waals surface area contributed by atoms with Crippen LogP contribution >= 0.6 is 0 Å². The molecule has 0 aliphatic carbocycles. The molecule has 6 heteroatoms. The van der Waals surface area contributed by atoms with Crippen molar-refractivity contribution in [1.82, 2.24) is 10.2 Å². The monoisotopic (exact) mass is 192 g/mol. The fraction of sp³-hybridized carbons (Fsp3) is 0.429. The van der Waals surface area contributed by atoms with E-state index in [1.165, 1.54) is 0 Å². The van der Waals surface area contributed by atoms with Gasteiger partial charge in [0.1, 0.15) is 6.29 Å². The van der Waals surface area contributed by atoms with E-state index in [0.29, 0.717) is 12.0 Å². The van der Waals surface area contributed by atoms with Crippen LogP contribution in [0.25, 0.3) is 0 Å². The number of aryl methyl sites for hydroxylation is 1. The van der Waals surface area contributed by atoms with Crippen molar-refractivity contribution in [3.63, 3.8) is 0 Å². The van der Waals surface area contributed by atoms with Gasteiger partial charge in [0.2, 0.25) is 0 Å². The summed E-state index contributed by atoms with van der Waals surface area (Å²) < 4.78 is 35.9. The Labute approximate surface area is 71.9 Å². The first-order valence-electron chi connectivity index (χ1n) is 3.59. The molecule has 1 aromatic heterocycles. The van der Waals surface area contributed by atoms with Gasteiger partial charge in [-0.05, 0) is 12.5 Å². The van der Waals surface area contributed by atoms with Crippen LogP contribution in [0, 0.1) is 0 Å². The number of aldehydes is 1. The number of carbonyl (C=O) groups is 1. The minimum Gasteiger partial charge on any atom is -0.303 e. The van der Waals surface area contributed by atoms with Gasteiger partial charge < -0.3 is 4.79 Å². The van der Waals surface area contributed by atoms with Crippen molar-refractivity contribution in [1.29, 1.82) is 0 Å². The zero-order valence-corrected chi connectivity index (χ0v) is 6.56. The predicted molar refractivity (Wildman–Crippen MR) is 38.0 cm³/mol. The molecule has 0 unspecified atom stereocenters. The Hall–Kier alpha value is -1.33. The number of H-pyrrole nitrogens is 1. The van der Waals surface area contributed by atoms with Gasteiger partial charge in [-0.1, -0.05) is 0 Å². The molecule has 0 aliphatic heterocycles. The average molecular weight is 192 g/mol. The topological polar surface area (TPSA) is 45.8 Å². The Kier molecular flexibility index (Phi) is 2.69. The number of aromatic amines is 1. The van der Waals surface area contributed by atoms with Gasteiger partial charge in [0.25, 0.3) is 0 Å². The lowest BCUT2D eigenvalue weighted by molar-refractivity contribution is -0.141. The van der Waals surface area contributed by atoms with Gasteiger partial charge in [0.05, 0.1) is 0 Å². The van der Waals surface area contributed by atoms with Crippen LogP contribution in [0.15, 0.2) is 6.07 Å². The van der Waals surface area contributed by atoms with E-state index in [1.807, 2.05) is 0 Å². The molecule has 0 aliphatic rings. The Morgan fingerprint density at radius 2 is 2.23 bits per heavy atom. The third-order valence-corrected chi connectivity index (χ3v) is 1.45. The van der Waals surface area contributed by atoms with Crippen molar-refractivity contribution in [2.24, 2.45) is 0 Å². The van der Waals surface area contributed by atoms with E-state index in [2.05, 4.69) is 10.2 Å². The molecular weight excluding hydrogens is 185 g/mol. The molecule has 0 fully saturated rings. The summed E-state index contributed by atoms with van der Waals surface area (Å²) in [7, 11) is 0. The Morgan fingerprint density at radius 3 is 2.69 bits per heavy atom. The summed E-state index contributed by atoms with van der Waals surface area (Å²) in [4.78, 5) is 9.93. The van der Waals surface area contributed by atoms with Crippen LogP contribution in [0.3, 0.4) is 0 Å². The second kappa shape index (κ2) is 3.59. The number of aromatic nitrogens is 2. The van der Waals surface area contributed by atoms with Gasteiger partial charge in [-0.25, -0.2) is 0 Å². The second-order valence-electron chi connectivity index (χ2n) is 2.48. The average Bonchev–Trinajstić information content (AvgIpc) is 2.47. The van der Waals surface area contributed by atoms with Gasteiger partial charge in [0, 0.05) is 12.1 Å². The molecule has 0 amide bonds. The molecule has 0 radical (unpaired) electrons. The van der Waals surface area contributed by atoms with Crippen molar-refractivity contribution in [2.75, 3.05) is 0 Å². The van der Waals surface area contributed by atoms with Crippen LogP contribution < -0.4 is 0 Å². The molecule has 72 valence electrons. The number of nitrogens with zero attached hydrogens (tertiary/aromatic N) is 1. The highest BCUT2D eigenvalue weighted by molar-refractivity contribution is 5.49. The highest BCUT2D eigenvalue weighted by atomic mass is 19.4. The minimum atomic E-state index is -4.42. The van der Waals surface area contributed by atoms with Crippen molar-refractivity contribution >= 4 is 6.29 Å². The van der Waals surface area contributed by atoms with E-state index >= 15 is 0 Å². The quantitative estimate of drug-likeness (QED) is 0.738. The zero-order valence-electron chi connectivity index (χ0n) is 6.56. The number of alkyl halides is 3. The second-order valence-corrected chi connectivity index (χ2v) is 2.48. The number of hydrogen-bond acceptors (Lipinski definition) is 2. The van der Waals surface area contributed by atoms with Gasteiger partial charge >= 0.3 is 6.18 Å². The van der Waals surface area contributed by atoms with Crippen molar-refractivity contribution in [3.05, 3.63) is 17.5 Å². The van der Waals surface area contributed by atoms with E-state index < -0.39 is 11.9 Å². The summed E-state index contributed by atoms with van der Waals surface area (Å²) >= 11 is 0. The standard InChI is InChI=1S/C7H7F3N2O/c8-7(9,10)6-4-5(11-12-6)2-1-3-13/h3-4H,1-2H2,(H,11,12). The normalized spacial score (nSPS) is 11.6. The van der Waals surface area contributed by atoms with E-state index in [4.69, 9.17) is 0 Å². The van der Waals surface area contributed by atoms with Gasteiger partial charge in [-0.3, -0.25) is 5.10 Å². The lowest BCUT2D eigenvalue weighted by Gasteiger charge is -1.98. The van der Waals surface area contributed by atoms with E-state index in [-0.39, 0.29) is 12.8 Å². The molecule has 0 aromatic carbocycles. The van der Waals surface area contributed by atoms with Crippen LogP contribution in [0.2, 0.25) is 0 Å². The highest BCUT2D eigenvalue weighted by Crippen LogP contribution is 2.27. The maximum Gasteiger partial charge on any atom is 0.435 e. The molecule has 0 bridgehead atoms. The molecular formula is C7H7F3N2O. The van der Waals surface area contributed by atoms with Crippen molar-refractivity contribution in [2.45, 2.75) is 19.0 Å². The molecule has 1 N–H and O–H groups in total. The number of carbonyl (C=O) groups excluding carboxylic acids is 1. The van der Waals surface area contributed by atoms with E-state index in [1.54, 1.807) is 0 Å². The van der Waals surface area contributed by atoms with Crippen molar-refractivity contribution < 1.29 is 18.0 Å². The smallest absolute Gasteiger partial charge is 0.303 e. The summed E-state index contributed by atoms with van der Waals surface area (Å²) in [5.41, 5.74) is -0.632. The highest BCUT2D eigenvalue weighted by Gasteiger charge is 2.33. The summed E-state index contributed by atoms with van der Waals surface area (Å²) in [5.74, 6) is 0. The SMILES string of the molecule is O=CCCc1cc(C(F)(F)F)n[nH]1. The van der Waals surface area contributed by atoms with Crippen LogP contribution in [0.4, 0.5) is 13.2 Å². The van der Waals surface area contributed by atoms with E-state index in [0.717, 1.165) is 6.07 Å². The number of halogens is 3. The zero-order chi connectivity index (χ0) is 9.90. The first-order chi connectivity index (χ1) is 6.04.